The number of hydrogen-bond donors (Lipinski definition) is 1. The van der Waals surface area contributed by atoms with Gasteiger partial charge in [0.05, 0.1) is 19.2 Å². The molecule has 5 heteroatoms. The molecular weight excluding hydrogens is 328 g/mol. The average Bonchev–Trinajstić information content (AvgIpc) is 2.72. The molecule has 5 nitrogen and oxygen atoms in total. The van der Waals surface area contributed by atoms with Gasteiger partial charge in [0.15, 0.2) is 0 Å². The molecule has 0 radical (unpaired) electrons. The Morgan fingerprint density at radius 3 is 2.50 bits per heavy atom. The average molecular weight is 348 g/mol. The Balaban J connectivity index is 1.55. The lowest BCUT2D eigenvalue weighted by Crippen LogP contribution is -2.28. The Morgan fingerprint density at radius 2 is 1.77 bits per heavy atom. The van der Waals surface area contributed by atoms with Crippen LogP contribution in [0.3, 0.4) is 0 Å². The number of rotatable bonds is 7. The number of amides is 1. The second kappa shape index (κ2) is 8.67. The third-order valence-electron chi connectivity index (χ3n) is 3.82. The van der Waals surface area contributed by atoms with Crippen molar-refractivity contribution >= 4 is 5.91 Å². The number of carbonyl (C=O) groups excluding carboxylic acids is 1. The van der Waals surface area contributed by atoms with E-state index in [2.05, 4.69) is 10.3 Å². The monoisotopic (exact) mass is 348 g/mol. The van der Waals surface area contributed by atoms with Crippen LogP contribution in [-0.4, -0.2) is 31.2 Å². The molecule has 0 saturated heterocycles. The van der Waals surface area contributed by atoms with Crippen LogP contribution >= 0.6 is 0 Å². The molecule has 0 fully saturated rings. The van der Waals surface area contributed by atoms with Gasteiger partial charge < -0.3 is 14.8 Å². The molecule has 1 heterocycles. The molecule has 3 aromatic rings. The van der Waals surface area contributed by atoms with Crippen molar-refractivity contribution in [1.82, 2.24) is 10.3 Å². The zero-order valence-corrected chi connectivity index (χ0v) is 14.5. The van der Waals surface area contributed by atoms with Crippen molar-refractivity contribution in [3.8, 4) is 22.8 Å². The van der Waals surface area contributed by atoms with E-state index in [0.29, 0.717) is 24.6 Å². The van der Waals surface area contributed by atoms with E-state index in [-0.39, 0.29) is 5.91 Å². The van der Waals surface area contributed by atoms with E-state index in [1.165, 1.54) is 13.3 Å². The van der Waals surface area contributed by atoms with Crippen molar-refractivity contribution in [1.29, 1.82) is 0 Å². The molecule has 0 atom stereocenters. The minimum atomic E-state index is -0.194. The second-order valence-corrected chi connectivity index (χ2v) is 5.56. The molecule has 0 saturated carbocycles. The van der Waals surface area contributed by atoms with Crippen LogP contribution < -0.4 is 14.8 Å². The number of hydrogen-bond acceptors (Lipinski definition) is 4. The summed E-state index contributed by atoms with van der Waals surface area (Å²) in [6, 6.07) is 21.2. The molecule has 0 bridgehead atoms. The Kier molecular flexibility index (Phi) is 5.83. The molecule has 1 amide bonds. The minimum Gasteiger partial charge on any atom is -0.491 e. The van der Waals surface area contributed by atoms with Gasteiger partial charge in [-0.05, 0) is 17.7 Å². The van der Waals surface area contributed by atoms with E-state index in [4.69, 9.17) is 9.47 Å². The Hall–Kier alpha value is -3.34. The van der Waals surface area contributed by atoms with Crippen molar-refractivity contribution < 1.29 is 14.3 Å². The molecule has 0 unspecified atom stereocenters. The van der Waals surface area contributed by atoms with Gasteiger partial charge in [-0.25, -0.2) is 4.98 Å². The zero-order chi connectivity index (χ0) is 18.2. The minimum absolute atomic E-state index is 0.194. The number of benzene rings is 2. The third-order valence-corrected chi connectivity index (χ3v) is 3.82. The molecule has 0 aliphatic rings. The molecule has 2 aromatic carbocycles. The van der Waals surface area contributed by atoms with Crippen molar-refractivity contribution in [2.24, 2.45) is 0 Å². The molecule has 132 valence electrons. The molecule has 0 aliphatic carbocycles. The van der Waals surface area contributed by atoms with Crippen LogP contribution in [0.15, 0.2) is 72.9 Å². The van der Waals surface area contributed by atoms with Gasteiger partial charge in [0.2, 0.25) is 5.88 Å². The number of para-hydroxylation sites is 1. The predicted octanol–water partition coefficient (Wildman–Crippen LogP) is 3.57. The number of aromatic nitrogens is 1. The lowest BCUT2D eigenvalue weighted by Gasteiger charge is -2.12. The number of carbonyl (C=O) groups is 1. The second-order valence-electron chi connectivity index (χ2n) is 5.56. The fourth-order valence-electron chi connectivity index (χ4n) is 2.51. The summed E-state index contributed by atoms with van der Waals surface area (Å²) in [5, 5.41) is 2.82. The van der Waals surface area contributed by atoms with Gasteiger partial charge >= 0.3 is 0 Å². The maximum absolute atomic E-state index is 12.1. The van der Waals surface area contributed by atoms with Crippen LogP contribution in [0.5, 0.6) is 11.6 Å². The Morgan fingerprint density at radius 1 is 1.00 bits per heavy atom. The number of pyridine rings is 1. The Labute approximate surface area is 152 Å². The first kappa shape index (κ1) is 17.5. The zero-order valence-electron chi connectivity index (χ0n) is 14.5. The predicted molar refractivity (Wildman–Crippen MR) is 100 cm³/mol. The summed E-state index contributed by atoms with van der Waals surface area (Å²) in [5.41, 5.74) is 2.60. The van der Waals surface area contributed by atoms with Crippen LogP contribution in [0, 0.1) is 0 Å². The summed E-state index contributed by atoms with van der Waals surface area (Å²) in [7, 11) is 1.53. The lowest BCUT2D eigenvalue weighted by atomic mass is 10.1. The number of nitrogens with one attached hydrogen (secondary N) is 1. The van der Waals surface area contributed by atoms with Gasteiger partial charge in [-0.2, -0.15) is 0 Å². The molecule has 3 rings (SSSR count). The highest BCUT2D eigenvalue weighted by Crippen LogP contribution is 2.29. The lowest BCUT2D eigenvalue weighted by molar-refractivity contribution is 0.0946. The fourth-order valence-corrected chi connectivity index (χ4v) is 2.51. The Bertz CT molecular complexity index is 849. The van der Waals surface area contributed by atoms with E-state index >= 15 is 0 Å². The summed E-state index contributed by atoms with van der Waals surface area (Å²) in [6.45, 7) is 0.771. The summed E-state index contributed by atoms with van der Waals surface area (Å²) < 4.78 is 10.8. The van der Waals surface area contributed by atoms with E-state index < -0.39 is 0 Å². The highest BCUT2D eigenvalue weighted by atomic mass is 16.5. The van der Waals surface area contributed by atoms with Gasteiger partial charge in [-0.3, -0.25) is 4.79 Å². The maximum atomic E-state index is 12.1. The molecule has 0 spiro atoms. The van der Waals surface area contributed by atoms with Crippen LogP contribution in [0.25, 0.3) is 11.1 Å². The molecule has 26 heavy (non-hydrogen) atoms. The van der Waals surface area contributed by atoms with E-state index in [9.17, 15) is 4.79 Å². The maximum Gasteiger partial charge on any atom is 0.252 e. The van der Waals surface area contributed by atoms with Gasteiger partial charge in [-0.15, -0.1) is 0 Å². The highest BCUT2D eigenvalue weighted by molar-refractivity contribution is 5.93. The third kappa shape index (κ3) is 4.39. The topological polar surface area (TPSA) is 60.5 Å². The van der Waals surface area contributed by atoms with Crippen LogP contribution in [0.2, 0.25) is 0 Å². The standard InChI is InChI=1S/C21H20N2O3/c1-25-20-12-11-17(15-23-20)21(24)22-13-14-26-19-10-6-5-9-18(19)16-7-3-2-4-8-16/h2-12,15H,13-14H2,1H3,(H,22,24). The van der Waals surface area contributed by atoms with Gasteiger partial charge in [0.25, 0.3) is 5.91 Å². The molecule has 0 aliphatic heterocycles. The summed E-state index contributed by atoms with van der Waals surface area (Å²) >= 11 is 0. The van der Waals surface area contributed by atoms with Crippen LogP contribution in [0.1, 0.15) is 10.4 Å². The van der Waals surface area contributed by atoms with E-state index in [1.54, 1.807) is 12.1 Å². The van der Waals surface area contributed by atoms with Crippen molar-refractivity contribution in [3.63, 3.8) is 0 Å². The van der Waals surface area contributed by atoms with Gasteiger partial charge in [-0.1, -0.05) is 48.5 Å². The molecule has 1 aromatic heterocycles. The highest BCUT2D eigenvalue weighted by Gasteiger charge is 2.07. The van der Waals surface area contributed by atoms with Crippen LogP contribution in [0.4, 0.5) is 0 Å². The van der Waals surface area contributed by atoms with E-state index in [1.807, 2.05) is 54.6 Å². The largest absolute Gasteiger partial charge is 0.491 e. The van der Waals surface area contributed by atoms with Crippen LogP contribution in [-0.2, 0) is 0 Å². The fraction of sp³-hybridized carbons (Fsp3) is 0.143. The van der Waals surface area contributed by atoms with Gasteiger partial charge in [0.1, 0.15) is 12.4 Å². The van der Waals surface area contributed by atoms with E-state index in [0.717, 1.165) is 16.9 Å². The van der Waals surface area contributed by atoms with Crippen molar-refractivity contribution in [2.45, 2.75) is 0 Å². The normalized spacial score (nSPS) is 10.2. The number of ether oxygens (including phenoxy) is 2. The first-order valence-corrected chi connectivity index (χ1v) is 8.33. The number of methoxy groups -OCH3 is 1. The first-order valence-electron chi connectivity index (χ1n) is 8.33. The summed E-state index contributed by atoms with van der Waals surface area (Å²) in [6.07, 6.45) is 1.49. The number of nitrogens with zero attached hydrogens (tertiary/aromatic N) is 1. The van der Waals surface area contributed by atoms with Crippen molar-refractivity contribution in [3.05, 3.63) is 78.5 Å². The SMILES string of the molecule is COc1ccc(C(=O)NCCOc2ccccc2-c2ccccc2)cn1. The van der Waals surface area contributed by atoms with Crippen molar-refractivity contribution in [2.75, 3.05) is 20.3 Å². The summed E-state index contributed by atoms with van der Waals surface area (Å²) in [5.74, 6) is 1.07. The summed E-state index contributed by atoms with van der Waals surface area (Å²) in [4.78, 5) is 16.1. The smallest absolute Gasteiger partial charge is 0.252 e. The molecule has 1 N–H and O–H groups in total. The molecular formula is C21H20N2O3. The first-order chi connectivity index (χ1) is 12.8. The quantitative estimate of drug-likeness (QED) is 0.663. The van der Waals surface area contributed by atoms with Gasteiger partial charge in [0, 0.05) is 17.8 Å².